The summed E-state index contributed by atoms with van der Waals surface area (Å²) in [5.74, 6) is 0.0102. The number of anilines is 2. The van der Waals surface area contributed by atoms with Crippen molar-refractivity contribution in [3.8, 4) is 22.8 Å². The van der Waals surface area contributed by atoms with E-state index in [-0.39, 0.29) is 18.2 Å². The third-order valence-corrected chi connectivity index (χ3v) is 7.26. The van der Waals surface area contributed by atoms with Gasteiger partial charge in [-0.3, -0.25) is 9.48 Å². The van der Waals surface area contributed by atoms with Crippen LogP contribution in [0.15, 0.2) is 53.4 Å². The lowest BCUT2D eigenvalue weighted by atomic mass is 9.98. The van der Waals surface area contributed by atoms with Crippen LogP contribution in [0, 0.1) is 0 Å². The van der Waals surface area contributed by atoms with Gasteiger partial charge in [0, 0.05) is 51.6 Å². The normalized spacial score (nSPS) is 23.9. The van der Waals surface area contributed by atoms with Crippen molar-refractivity contribution in [3.05, 3.63) is 54.7 Å². The van der Waals surface area contributed by atoms with Crippen molar-refractivity contribution < 1.29 is 18.8 Å². The maximum Gasteiger partial charge on any atom is 0.262 e. The Morgan fingerprint density at radius 3 is 2.69 bits per heavy atom. The smallest absolute Gasteiger partial charge is 0.262 e. The monoisotopic (exact) mass is 533 g/mol. The third kappa shape index (κ3) is 4.74. The van der Waals surface area contributed by atoms with Crippen LogP contribution in [-0.4, -0.2) is 90.6 Å². The lowest BCUT2D eigenvalue weighted by Gasteiger charge is -2.32. The molecule has 1 amide bonds. The van der Waals surface area contributed by atoms with Gasteiger partial charge in [0.2, 0.25) is 11.5 Å². The van der Waals surface area contributed by atoms with E-state index in [0.717, 1.165) is 6.54 Å². The van der Waals surface area contributed by atoms with Crippen LogP contribution in [0.4, 0.5) is 16.0 Å². The molecule has 0 radical (unpaired) electrons. The van der Waals surface area contributed by atoms with E-state index in [9.17, 15) is 14.3 Å². The number of carbonyl (C=O) groups excluding carboxylic acids is 1. The molecule has 4 aromatic heterocycles. The predicted octanol–water partition coefficient (Wildman–Crippen LogP) is 2.40. The molecule has 2 saturated heterocycles. The Kier molecular flexibility index (Phi) is 6.31. The second-order valence-corrected chi connectivity index (χ2v) is 10.1. The molecule has 0 bridgehead atoms. The summed E-state index contributed by atoms with van der Waals surface area (Å²) in [6.07, 6.45) is 4.93. The summed E-state index contributed by atoms with van der Waals surface area (Å²) in [6, 6.07) is 8.34. The highest BCUT2D eigenvalue weighted by molar-refractivity contribution is 5.87. The summed E-state index contributed by atoms with van der Waals surface area (Å²) >= 11 is 0. The minimum atomic E-state index is -1.73. The molecule has 2 N–H and O–H groups in total. The average Bonchev–Trinajstić information content (AvgIpc) is 3.67. The van der Waals surface area contributed by atoms with Gasteiger partial charge in [0.25, 0.3) is 5.91 Å². The molecule has 6 rings (SSSR count). The molecular weight excluding hydrogens is 505 g/mol. The minimum Gasteiger partial charge on any atom is -0.373 e. The van der Waals surface area contributed by atoms with E-state index >= 15 is 0 Å². The fourth-order valence-corrected chi connectivity index (χ4v) is 5.01. The zero-order chi connectivity index (χ0) is 27.1. The number of pyridine rings is 1. The van der Waals surface area contributed by atoms with E-state index in [4.69, 9.17) is 4.52 Å². The van der Waals surface area contributed by atoms with Crippen molar-refractivity contribution >= 4 is 17.5 Å². The molecule has 2 aliphatic rings. The molecule has 2 fully saturated rings. The Bertz CT molecular complexity index is 1510. The lowest BCUT2D eigenvalue weighted by Crippen LogP contribution is -2.40. The maximum absolute atomic E-state index is 14.6. The van der Waals surface area contributed by atoms with E-state index in [0.29, 0.717) is 53.9 Å². The number of nitrogens with zero attached hydrogens (tertiary/aromatic N) is 8. The first-order valence-electron chi connectivity index (χ1n) is 12.7. The number of alkyl halides is 1. The molecule has 4 aromatic rings. The van der Waals surface area contributed by atoms with Gasteiger partial charge in [0.05, 0.1) is 35.0 Å². The largest absolute Gasteiger partial charge is 0.373 e. The Hall–Kier alpha value is -4.23. The Labute approximate surface area is 223 Å². The van der Waals surface area contributed by atoms with Crippen LogP contribution in [0.5, 0.6) is 0 Å². The van der Waals surface area contributed by atoms with Gasteiger partial charge in [0.15, 0.2) is 5.76 Å². The number of aliphatic hydroxyl groups is 1. The van der Waals surface area contributed by atoms with Gasteiger partial charge in [-0.15, -0.1) is 0 Å². The molecule has 202 valence electrons. The van der Waals surface area contributed by atoms with Gasteiger partial charge in [0.1, 0.15) is 11.9 Å². The number of hydrogen-bond donors (Lipinski definition) is 2. The lowest BCUT2D eigenvalue weighted by molar-refractivity contribution is -0.144. The quantitative estimate of drug-likeness (QED) is 0.380. The van der Waals surface area contributed by atoms with E-state index < -0.39 is 17.7 Å². The van der Waals surface area contributed by atoms with Crippen LogP contribution in [0.1, 0.15) is 24.6 Å². The zero-order valence-electron chi connectivity index (χ0n) is 21.5. The number of halogens is 1. The average molecular weight is 534 g/mol. The maximum atomic E-state index is 14.6. The molecule has 13 heteroatoms. The molecule has 3 unspecified atom stereocenters. The van der Waals surface area contributed by atoms with Crippen molar-refractivity contribution in [3.63, 3.8) is 0 Å². The van der Waals surface area contributed by atoms with Gasteiger partial charge in [-0.05, 0) is 31.7 Å². The van der Waals surface area contributed by atoms with Crippen LogP contribution in [-0.2, 0) is 10.4 Å². The molecule has 3 atom stereocenters. The van der Waals surface area contributed by atoms with Crippen molar-refractivity contribution in [1.29, 1.82) is 0 Å². The molecule has 0 aliphatic carbocycles. The second-order valence-electron chi connectivity index (χ2n) is 10.1. The summed E-state index contributed by atoms with van der Waals surface area (Å²) in [7, 11) is 3.55. The van der Waals surface area contributed by atoms with E-state index in [1.807, 2.05) is 18.0 Å². The number of amides is 1. The first kappa shape index (κ1) is 25.1. The number of aromatic nitrogens is 6. The van der Waals surface area contributed by atoms with Gasteiger partial charge < -0.3 is 24.7 Å². The van der Waals surface area contributed by atoms with Gasteiger partial charge in [-0.1, -0.05) is 11.2 Å². The fourth-order valence-electron chi connectivity index (χ4n) is 5.01. The SMILES string of the molecule is CN1CCC(n2cc(Nc3nccc(-c4cccc(-c5cc(C6(O)CCN(C)C6=O)on5)n4)n3)cn2)C(F)C1. The third-order valence-electron chi connectivity index (χ3n) is 7.26. The summed E-state index contributed by atoms with van der Waals surface area (Å²) in [6.45, 7) is 1.63. The molecular formula is C26H28FN9O3. The fraction of sp³-hybridized carbons (Fsp3) is 0.385. The van der Waals surface area contributed by atoms with Crippen molar-refractivity contribution in [2.24, 2.45) is 0 Å². The number of hydrogen-bond acceptors (Lipinski definition) is 10. The van der Waals surface area contributed by atoms with Crippen molar-refractivity contribution in [2.75, 3.05) is 39.0 Å². The first-order valence-corrected chi connectivity index (χ1v) is 12.7. The van der Waals surface area contributed by atoms with Gasteiger partial charge in [-0.25, -0.2) is 19.3 Å². The Balaban J connectivity index is 1.19. The van der Waals surface area contributed by atoms with Crippen LogP contribution in [0.2, 0.25) is 0 Å². The second kappa shape index (κ2) is 9.82. The summed E-state index contributed by atoms with van der Waals surface area (Å²) in [5.41, 5.74) is 0.953. The minimum absolute atomic E-state index is 0.0902. The summed E-state index contributed by atoms with van der Waals surface area (Å²) < 4.78 is 21.6. The summed E-state index contributed by atoms with van der Waals surface area (Å²) in [5, 5.41) is 22.4. The molecule has 6 heterocycles. The van der Waals surface area contributed by atoms with Gasteiger partial charge in [-0.2, -0.15) is 5.10 Å². The van der Waals surface area contributed by atoms with E-state index in [1.54, 1.807) is 54.6 Å². The predicted molar refractivity (Wildman–Crippen MR) is 138 cm³/mol. The highest BCUT2D eigenvalue weighted by Gasteiger charge is 2.48. The van der Waals surface area contributed by atoms with Crippen LogP contribution in [0.25, 0.3) is 22.8 Å². The molecule has 0 aromatic carbocycles. The Morgan fingerprint density at radius 1 is 1.13 bits per heavy atom. The van der Waals surface area contributed by atoms with Crippen LogP contribution >= 0.6 is 0 Å². The van der Waals surface area contributed by atoms with Crippen LogP contribution < -0.4 is 5.32 Å². The number of rotatable bonds is 6. The molecule has 2 aliphatic heterocycles. The number of piperidine rings is 1. The molecule has 39 heavy (non-hydrogen) atoms. The standard InChI is InChI=1S/C26H28FN9O3/c1-34-10-7-22(17(27)15-34)36-14-16(13-29-36)30-25-28-9-6-20(32-25)18-4-3-5-19(31-18)21-12-23(39-33-21)26(38)8-11-35(2)24(26)37/h3-6,9,12-14,17,22,38H,7-8,10-11,15H2,1-2H3,(H,28,30,32). The van der Waals surface area contributed by atoms with Gasteiger partial charge >= 0.3 is 0 Å². The summed E-state index contributed by atoms with van der Waals surface area (Å²) in [4.78, 5) is 29.4. The first-order chi connectivity index (χ1) is 18.8. The number of likely N-dealkylation sites (tertiary alicyclic amines) is 2. The zero-order valence-corrected chi connectivity index (χ0v) is 21.5. The number of carbonyl (C=O) groups is 1. The van der Waals surface area contributed by atoms with E-state index in [1.165, 1.54) is 4.90 Å². The molecule has 0 spiro atoms. The molecule has 0 saturated carbocycles. The van der Waals surface area contributed by atoms with Crippen molar-refractivity contribution in [1.82, 2.24) is 39.7 Å². The highest BCUT2D eigenvalue weighted by atomic mass is 19.1. The van der Waals surface area contributed by atoms with Crippen molar-refractivity contribution in [2.45, 2.75) is 30.7 Å². The van der Waals surface area contributed by atoms with Crippen LogP contribution in [0.3, 0.4) is 0 Å². The topological polar surface area (TPSA) is 138 Å². The number of nitrogens with one attached hydrogen (secondary N) is 1. The molecule has 12 nitrogen and oxygen atoms in total. The number of likely N-dealkylation sites (N-methyl/N-ethyl adjacent to an activating group) is 1. The highest BCUT2D eigenvalue weighted by Crippen LogP contribution is 2.34. The van der Waals surface area contributed by atoms with E-state index in [2.05, 4.69) is 30.5 Å². The Morgan fingerprint density at radius 2 is 1.92 bits per heavy atom.